The molecule has 1 saturated heterocycles. The molecule has 4 N–H and O–H groups in total. The summed E-state index contributed by atoms with van der Waals surface area (Å²) in [5.41, 5.74) is 6.68. The van der Waals surface area contributed by atoms with Gasteiger partial charge in [0.15, 0.2) is 0 Å². The Balaban J connectivity index is 2.42. The van der Waals surface area contributed by atoms with Crippen molar-refractivity contribution in [1.82, 2.24) is 4.72 Å². The van der Waals surface area contributed by atoms with Crippen molar-refractivity contribution in [2.45, 2.75) is 24.3 Å². The minimum Gasteiger partial charge on any atom is -0.399 e. The van der Waals surface area contributed by atoms with Gasteiger partial charge in [-0.3, -0.25) is 0 Å². The van der Waals surface area contributed by atoms with Crippen molar-refractivity contribution >= 4 is 21.4 Å². The topological polar surface area (TPSA) is 95.7 Å². The number of hydrogen-bond acceptors (Lipinski definition) is 5. The zero-order chi connectivity index (χ0) is 14.9. The lowest BCUT2D eigenvalue weighted by Crippen LogP contribution is -2.43. The van der Waals surface area contributed by atoms with E-state index in [9.17, 15) is 13.5 Å². The lowest BCUT2D eigenvalue weighted by molar-refractivity contribution is 0.103. The summed E-state index contributed by atoms with van der Waals surface area (Å²) >= 11 is 0. The molecule has 112 valence electrons. The van der Waals surface area contributed by atoms with Crippen LogP contribution in [0.4, 0.5) is 11.4 Å². The van der Waals surface area contributed by atoms with Crippen molar-refractivity contribution < 1.29 is 13.5 Å². The Labute approximate surface area is 119 Å². The number of nitrogens with one attached hydrogen (secondary N) is 1. The monoisotopic (exact) mass is 299 g/mol. The van der Waals surface area contributed by atoms with Crippen LogP contribution in [-0.2, 0) is 10.0 Å². The third-order valence-electron chi connectivity index (χ3n) is 3.80. The highest BCUT2D eigenvalue weighted by Crippen LogP contribution is 2.30. The molecule has 2 unspecified atom stereocenters. The maximum Gasteiger partial charge on any atom is 0.242 e. The van der Waals surface area contributed by atoms with Crippen LogP contribution in [0.5, 0.6) is 0 Å². The molecule has 2 atom stereocenters. The molecule has 20 heavy (non-hydrogen) atoms. The number of anilines is 2. The van der Waals surface area contributed by atoms with E-state index in [1.54, 1.807) is 12.1 Å². The van der Waals surface area contributed by atoms with Crippen molar-refractivity contribution in [3.05, 3.63) is 18.2 Å². The van der Waals surface area contributed by atoms with Gasteiger partial charge in [0.2, 0.25) is 10.0 Å². The highest BCUT2D eigenvalue weighted by atomic mass is 32.2. The summed E-state index contributed by atoms with van der Waals surface area (Å²) in [6.45, 7) is 3.14. The molecule has 1 aliphatic rings. The largest absolute Gasteiger partial charge is 0.399 e. The Hall–Kier alpha value is -1.31. The van der Waals surface area contributed by atoms with E-state index in [0.717, 1.165) is 6.42 Å². The minimum absolute atomic E-state index is 0.154. The first-order valence-electron chi connectivity index (χ1n) is 6.61. The fourth-order valence-electron chi connectivity index (χ4n) is 2.38. The molecule has 0 amide bonds. The van der Waals surface area contributed by atoms with Gasteiger partial charge in [-0.05, 0) is 37.6 Å². The summed E-state index contributed by atoms with van der Waals surface area (Å²) in [4.78, 5) is 2.05. The summed E-state index contributed by atoms with van der Waals surface area (Å²) in [5.74, 6) is 0.226. The van der Waals surface area contributed by atoms with E-state index in [1.807, 2.05) is 11.8 Å². The van der Waals surface area contributed by atoms with Crippen LogP contribution < -0.4 is 15.4 Å². The second-order valence-electron chi connectivity index (χ2n) is 5.21. The standard InChI is InChI=1S/C13H21N3O3S/c1-9-5-6-16(8-12(9)17)11-4-3-10(14)7-13(11)20(18,19)15-2/h3-4,7,9,12,15,17H,5-6,8,14H2,1-2H3. The number of aliphatic hydroxyl groups excluding tert-OH is 1. The van der Waals surface area contributed by atoms with Crippen LogP contribution in [0.25, 0.3) is 0 Å². The Morgan fingerprint density at radius 2 is 2.15 bits per heavy atom. The summed E-state index contributed by atoms with van der Waals surface area (Å²) in [6, 6.07) is 4.82. The number of nitrogens with two attached hydrogens (primary N) is 1. The summed E-state index contributed by atoms with van der Waals surface area (Å²) in [7, 11) is -2.21. The van der Waals surface area contributed by atoms with E-state index >= 15 is 0 Å². The second-order valence-corrected chi connectivity index (χ2v) is 7.07. The van der Waals surface area contributed by atoms with Gasteiger partial charge < -0.3 is 15.7 Å². The number of rotatable bonds is 3. The lowest BCUT2D eigenvalue weighted by Gasteiger charge is -2.36. The molecule has 0 spiro atoms. The summed E-state index contributed by atoms with van der Waals surface area (Å²) < 4.78 is 26.5. The molecule has 2 rings (SSSR count). The highest BCUT2D eigenvalue weighted by Gasteiger charge is 2.28. The van der Waals surface area contributed by atoms with Crippen LogP contribution in [0.1, 0.15) is 13.3 Å². The van der Waals surface area contributed by atoms with Gasteiger partial charge in [-0.25, -0.2) is 13.1 Å². The molecular formula is C13H21N3O3S. The van der Waals surface area contributed by atoms with Gasteiger partial charge in [0.05, 0.1) is 11.8 Å². The SMILES string of the molecule is CNS(=O)(=O)c1cc(N)ccc1N1CCC(C)C(O)C1. The second kappa shape index (κ2) is 5.59. The van der Waals surface area contributed by atoms with Gasteiger partial charge in [0, 0.05) is 18.8 Å². The zero-order valence-electron chi connectivity index (χ0n) is 11.7. The van der Waals surface area contributed by atoms with Gasteiger partial charge in [-0.15, -0.1) is 0 Å². The van der Waals surface area contributed by atoms with E-state index in [2.05, 4.69) is 4.72 Å². The predicted octanol–water partition coefficient (Wildman–Crippen LogP) is 0.384. The van der Waals surface area contributed by atoms with Crippen molar-refractivity contribution in [3.63, 3.8) is 0 Å². The number of piperidine rings is 1. The van der Waals surface area contributed by atoms with Gasteiger partial charge in [0.1, 0.15) is 4.90 Å². The number of benzene rings is 1. The first kappa shape index (κ1) is 15.1. The fraction of sp³-hybridized carbons (Fsp3) is 0.538. The summed E-state index contributed by atoms with van der Waals surface area (Å²) in [5, 5.41) is 9.98. The summed E-state index contributed by atoms with van der Waals surface area (Å²) in [6.07, 6.45) is 0.372. The van der Waals surface area contributed by atoms with Crippen LogP contribution >= 0.6 is 0 Å². The van der Waals surface area contributed by atoms with E-state index in [-0.39, 0.29) is 10.8 Å². The van der Waals surface area contributed by atoms with Crippen molar-refractivity contribution in [3.8, 4) is 0 Å². The van der Waals surface area contributed by atoms with Crippen LogP contribution in [0.2, 0.25) is 0 Å². The van der Waals surface area contributed by atoms with E-state index < -0.39 is 16.1 Å². The minimum atomic E-state index is -3.58. The normalized spacial score (nSPS) is 23.9. The van der Waals surface area contributed by atoms with Gasteiger partial charge in [-0.1, -0.05) is 6.92 Å². The van der Waals surface area contributed by atoms with Gasteiger partial charge in [-0.2, -0.15) is 0 Å². The molecule has 0 aromatic heterocycles. The van der Waals surface area contributed by atoms with Crippen molar-refractivity contribution in [2.75, 3.05) is 30.8 Å². The van der Waals surface area contributed by atoms with Gasteiger partial charge >= 0.3 is 0 Å². The zero-order valence-corrected chi connectivity index (χ0v) is 12.5. The Bertz CT molecular complexity index is 589. The van der Waals surface area contributed by atoms with Crippen molar-refractivity contribution in [2.24, 2.45) is 5.92 Å². The molecule has 0 aliphatic carbocycles. The number of aliphatic hydroxyl groups is 1. The van der Waals surface area contributed by atoms with Crippen molar-refractivity contribution in [1.29, 1.82) is 0 Å². The van der Waals surface area contributed by atoms with Crippen LogP contribution in [-0.4, -0.2) is 39.8 Å². The van der Waals surface area contributed by atoms with Gasteiger partial charge in [0.25, 0.3) is 0 Å². The third kappa shape index (κ3) is 2.89. The number of hydrogen-bond donors (Lipinski definition) is 3. The maximum atomic E-state index is 12.1. The predicted molar refractivity (Wildman–Crippen MR) is 79.1 cm³/mol. The Morgan fingerprint density at radius 1 is 1.45 bits per heavy atom. The average molecular weight is 299 g/mol. The first-order chi connectivity index (χ1) is 9.35. The number of nitrogens with zero attached hydrogens (tertiary/aromatic N) is 1. The maximum absolute atomic E-state index is 12.1. The molecule has 7 heteroatoms. The molecule has 1 fully saturated rings. The first-order valence-corrected chi connectivity index (χ1v) is 8.09. The fourth-order valence-corrected chi connectivity index (χ4v) is 3.37. The molecular weight excluding hydrogens is 278 g/mol. The molecule has 6 nitrogen and oxygen atoms in total. The molecule has 1 aromatic carbocycles. The van der Waals surface area contributed by atoms with E-state index in [0.29, 0.717) is 24.5 Å². The van der Waals surface area contributed by atoms with E-state index in [1.165, 1.54) is 13.1 Å². The highest BCUT2D eigenvalue weighted by molar-refractivity contribution is 7.89. The smallest absolute Gasteiger partial charge is 0.242 e. The quantitative estimate of drug-likeness (QED) is 0.702. The Kier molecular flexibility index (Phi) is 4.22. The number of β-amino-alcohol motifs (C(OH)–C–C–N with tert-alkyl or cyclic N) is 1. The lowest BCUT2D eigenvalue weighted by atomic mass is 9.95. The number of nitrogen functional groups attached to an aromatic ring is 1. The molecule has 1 aromatic rings. The molecule has 1 aliphatic heterocycles. The van der Waals surface area contributed by atoms with Crippen LogP contribution in [0, 0.1) is 5.92 Å². The van der Waals surface area contributed by atoms with Crippen LogP contribution in [0.3, 0.4) is 0 Å². The molecule has 1 heterocycles. The molecule has 0 saturated carbocycles. The molecule has 0 radical (unpaired) electrons. The Morgan fingerprint density at radius 3 is 2.75 bits per heavy atom. The third-order valence-corrected chi connectivity index (χ3v) is 5.24. The molecule has 0 bridgehead atoms. The average Bonchev–Trinajstić information content (AvgIpc) is 2.42. The van der Waals surface area contributed by atoms with Crippen LogP contribution in [0.15, 0.2) is 23.1 Å². The number of sulfonamides is 1. The van der Waals surface area contributed by atoms with E-state index in [4.69, 9.17) is 5.73 Å².